The highest BCUT2D eigenvalue weighted by molar-refractivity contribution is 7.91. The Kier molecular flexibility index (Phi) is 4.76. The molecule has 5 heteroatoms. The molecule has 0 saturated heterocycles. The van der Waals surface area contributed by atoms with Gasteiger partial charge in [-0.1, -0.05) is 13.8 Å². The number of methoxy groups -OCH3 is 1. The van der Waals surface area contributed by atoms with Crippen LogP contribution in [0.15, 0.2) is 29.2 Å². The maximum Gasteiger partial charge on any atom is 0.178 e. The van der Waals surface area contributed by atoms with Crippen LogP contribution >= 0.6 is 0 Å². The third-order valence-corrected chi connectivity index (χ3v) is 4.75. The molecule has 0 aromatic heterocycles. The molecule has 2 N–H and O–H groups in total. The van der Waals surface area contributed by atoms with Crippen molar-refractivity contribution < 1.29 is 13.2 Å². The van der Waals surface area contributed by atoms with Gasteiger partial charge in [-0.25, -0.2) is 8.42 Å². The average molecular weight is 271 g/mol. The van der Waals surface area contributed by atoms with E-state index in [0.717, 1.165) is 0 Å². The summed E-state index contributed by atoms with van der Waals surface area (Å²) in [5.74, 6) is 0.764. The van der Waals surface area contributed by atoms with E-state index in [1.165, 1.54) is 0 Å². The molecule has 0 unspecified atom stereocenters. The van der Waals surface area contributed by atoms with Crippen molar-refractivity contribution in [3.63, 3.8) is 0 Å². The summed E-state index contributed by atoms with van der Waals surface area (Å²) in [6.07, 6.45) is 0.553. The lowest BCUT2D eigenvalue weighted by Crippen LogP contribution is -2.26. The zero-order valence-corrected chi connectivity index (χ0v) is 12.0. The predicted octanol–water partition coefficient (Wildman–Crippen LogP) is 1.84. The Hall–Kier alpha value is -1.07. The highest BCUT2D eigenvalue weighted by Gasteiger charge is 2.21. The van der Waals surface area contributed by atoms with Gasteiger partial charge in [0, 0.05) is 0 Å². The summed E-state index contributed by atoms with van der Waals surface area (Å²) in [5, 5.41) is 0. The standard InChI is InChI=1S/C13H21NO3S/c1-13(2,10-14)8-9-18(15,16)12-6-4-11(17-3)5-7-12/h4-7H,8-10,14H2,1-3H3. The zero-order valence-electron chi connectivity index (χ0n) is 11.1. The molecule has 0 spiro atoms. The van der Waals surface area contributed by atoms with Gasteiger partial charge in [-0.3, -0.25) is 0 Å². The van der Waals surface area contributed by atoms with Gasteiger partial charge in [0.15, 0.2) is 9.84 Å². The van der Waals surface area contributed by atoms with Crippen molar-refractivity contribution in [1.29, 1.82) is 0 Å². The third kappa shape index (κ3) is 3.99. The van der Waals surface area contributed by atoms with Crippen molar-refractivity contribution in [3.8, 4) is 5.75 Å². The van der Waals surface area contributed by atoms with E-state index in [1.54, 1.807) is 31.4 Å². The van der Waals surface area contributed by atoms with Crippen LogP contribution in [-0.2, 0) is 9.84 Å². The molecule has 1 aromatic rings. The summed E-state index contributed by atoms with van der Waals surface area (Å²) < 4.78 is 29.2. The molecule has 0 saturated carbocycles. The number of hydrogen-bond acceptors (Lipinski definition) is 4. The first-order valence-electron chi connectivity index (χ1n) is 5.88. The largest absolute Gasteiger partial charge is 0.497 e. The van der Waals surface area contributed by atoms with Crippen molar-refractivity contribution in [2.45, 2.75) is 25.2 Å². The summed E-state index contributed by atoms with van der Waals surface area (Å²) in [5.41, 5.74) is 5.45. The molecule has 0 radical (unpaired) electrons. The van der Waals surface area contributed by atoms with E-state index in [9.17, 15) is 8.42 Å². The Balaban J connectivity index is 2.80. The first-order chi connectivity index (χ1) is 8.30. The molecule has 0 heterocycles. The minimum absolute atomic E-state index is 0.115. The number of nitrogens with two attached hydrogens (primary N) is 1. The molecule has 1 aromatic carbocycles. The number of rotatable bonds is 6. The van der Waals surface area contributed by atoms with Crippen LogP contribution in [0.3, 0.4) is 0 Å². The van der Waals surface area contributed by atoms with Crippen molar-refractivity contribution in [1.82, 2.24) is 0 Å². The average Bonchev–Trinajstić information content (AvgIpc) is 2.37. The van der Waals surface area contributed by atoms with E-state index >= 15 is 0 Å². The highest BCUT2D eigenvalue weighted by atomic mass is 32.2. The van der Waals surface area contributed by atoms with E-state index in [2.05, 4.69) is 0 Å². The molecule has 0 aliphatic heterocycles. The quantitative estimate of drug-likeness (QED) is 0.857. The lowest BCUT2D eigenvalue weighted by Gasteiger charge is -2.21. The smallest absolute Gasteiger partial charge is 0.178 e. The fourth-order valence-corrected chi connectivity index (χ4v) is 3.02. The molecular weight excluding hydrogens is 250 g/mol. The Morgan fingerprint density at radius 3 is 2.22 bits per heavy atom. The van der Waals surface area contributed by atoms with Crippen LogP contribution in [-0.4, -0.2) is 27.8 Å². The van der Waals surface area contributed by atoms with Crippen LogP contribution in [0.25, 0.3) is 0 Å². The van der Waals surface area contributed by atoms with Gasteiger partial charge in [0.2, 0.25) is 0 Å². The molecule has 0 atom stereocenters. The molecule has 4 nitrogen and oxygen atoms in total. The van der Waals surface area contributed by atoms with Gasteiger partial charge in [-0.05, 0) is 42.6 Å². The molecular formula is C13H21NO3S. The molecule has 0 bridgehead atoms. The monoisotopic (exact) mass is 271 g/mol. The lowest BCUT2D eigenvalue weighted by atomic mass is 9.91. The van der Waals surface area contributed by atoms with Gasteiger partial charge in [0.1, 0.15) is 5.75 Å². The van der Waals surface area contributed by atoms with Gasteiger partial charge in [-0.15, -0.1) is 0 Å². The minimum atomic E-state index is -3.24. The summed E-state index contributed by atoms with van der Waals surface area (Å²) >= 11 is 0. The second kappa shape index (κ2) is 5.71. The van der Waals surface area contributed by atoms with Crippen LogP contribution in [0, 0.1) is 5.41 Å². The van der Waals surface area contributed by atoms with Gasteiger partial charge in [0.25, 0.3) is 0 Å². The summed E-state index contributed by atoms with van der Waals surface area (Å²) in [7, 11) is -1.69. The second-order valence-corrected chi connectivity index (χ2v) is 7.22. The van der Waals surface area contributed by atoms with Crippen LogP contribution in [0.5, 0.6) is 5.75 Å². The lowest BCUT2D eigenvalue weighted by molar-refractivity contribution is 0.365. The number of benzene rings is 1. The fraction of sp³-hybridized carbons (Fsp3) is 0.538. The van der Waals surface area contributed by atoms with Gasteiger partial charge >= 0.3 is 0 Å². The molecule has 0 fully saturated rings. The van der Waals surface area contributed by atoms with Gasteiger partial charge in [-0.2, -0.15) is 0 Å². The van der Waals surface area contributed by atoms with Crippen LogP contribution in [0.1, 0.15) is 20.3 Å². The van der Waals surface area contributed by atoms with Crippen molar-refractivity contribution in [3.05, 3.63) is 24.3 Å². The van der Waals surface area contributed by atoms with Gasteiger partial charge in [0.05, 0.1) is 17.8 Å². The number of ether oxygens (including phenoxy) is 1. The summed E-state index contributed by atoms with van der Waals surface area (Å²) in [4.78, 5) is 0.330. The predicted molar refractivity (Wildman–Crippen MR) is 72.5 cm³/mol. The van der Waals surface area contributed by atoms with Crippen molar-refractivity contribution in [2.24, 2.45) is 11.1 Å². The van der Waals surface area contributed by atoms with Gasteiger partial charge < -0.3 is 10.5 Å². The van der Waals surface area contributed by atoms with E-state index in [1.807, 2.05) is 13.8 Å². The topological polar surface area (TPSA) is 69.4 Å². The molecule has 102 valence electrons. The molecule has 18 heavy (non-hydrogen) atoms. The van der Waals surface area contributed by atoms with Crippen LogP contribution < -0.4 is 10.5 Å². The van der Waals surface area contributed by atoms with E-state index < -0.39 is 9.84 Å². The van der Waals surface area contributed by atoms with E-state index in [0.29, 0.717) is 23.6 Å². The third-order valence-electron chi connectivity index (χ3n) is 3.02. The van der Waals surface area contributed by atoms with Crippen molar-refractivity contribution in [2.75, 3.05) is 19.4 Å². The molecule has 0 aliphatic carbocycles. The molecule has 1 rings (SSSR count). The van der Waals surface area contributed by atoms with Crippen LogP contribution in [0.2, 0.25) is 0 Å². The number of sulfone groups is 1. The van der Waals surface area contributed by atoms with E-state index in [-0.39, 0.29) is 11.2 Å². The fourth-order valence-electron chi connectivity index (χ4n) is 1.41. The highest BCUT2D eigenvalue weighted by Crippen LogP contribution is 2.23. The second-order valence-electron chi connectivity index (χ2n) is 5.11. The Morgan fingerprint density at radius 2 is 1.78 bits per heavy atom. The summed E-state index contributed by atoms with van der Waals surface area (Å²) in [6.45, 7) is 4.41. The van der Waals surface area contributed by atoms with Crippen LogP contribution in [0.4, 0.5) is 0 Å². The Bertz CT molecular complexity index is 477. The zero-order chi connectivity index (χ0) is 13.8. The minimum Gasteiger partial charge on any atom is -0.497 e. The SMILES string of the molecule is COc1ccc(S(=O)(=O)CCC(C)(C)CN)cc1. The maximum absolute atomic E-state index is 12.1. The normalized spacial score (nSPS) is 12.4. The summed E-state index contributed by atoms with van der Waals surface area (Å²) in [6, 6.07) is 6.45. The molecule has 0 amide bonds. The number of hydrogen-bond donors (Lipinski definition) is 1. The first-order valence-corrected chi connectivity index (χ1v) is 7.53. The Labute approximate surface area is 109 Å². The molecule has 0 aliphatic rings. The first kappa shape index (κ1) is 15.0. The van der Waals surface area contributed by atoms with E-state index in [4.69, 9.17) is 10.5 Å². The van der Waals surface area contributed by atoms with Crippen molar-refractivity contribution >= 4 is 9.84 Å². The Morgan fingerprint density at radius 1 is 1.22 bits per heavy atom. The maximum atomic E-state index is 12.1.